The van der Waals surface area contributed by atoms with Crippen molar-refractivity contribution in [2.45, 2.75) is 18.2 Å². The highest BCUT2D eigenvalue weighted by Crippen LogP contribution is 2.23. The number of ether oxygens (including phenoxy) is 1. The van der Waals surface area contributed by atoms with Gasteiger partial charge in [0.1, 0.15) is 5.75 Å². The fourth-order valence-corrected chi connectivity index (χ4v) is 1.93. The molecule has 0 saturated heterocycles. The first kappa shape index (κ1) is 13.8. The van der Waals surface area contributed by atoms with Crippen molar-refractivity contribution in [3.63, 3.8) is 0 Å². The Morgan fingerprint density at radius 2 is 2.06 bits per heavy atom. The summed E-state index contributed by atoms with van der Waals surface area (Å²) >= 11 is 0. The lowest BCUT2D eigenvalue weighted by atomic mass is 10.2. The largest absolute Gasteiger partial charge is 0.494 e. The van der Waals surface area contributed by atoms with Gasteiger partial charge in [-0.25, -0.2) is 13.2 Å². The fourth-order valence-electron chi connectivity index (χ4n) is 1.14. The third-order valence-corrected chi connectivity index (χ3v) is 3.21. The highest BCUT2D eigenvalue weighted by molar-refractivity contribution is 8.13. The number of carbonyl (C=O) groups is 1. The maximum absolute atomic E-state index is 11.2. The molecule has 0 atom stereocenters. The van der Waals surface area contributed by atoms with Gasteiger partial charge in [0.15, 0.2) is 0 Å². The molecule has 5 nitrogen and oxygen atoms in total. The highest BCUT2D eigenvalue weighted by atomic mass is 35.7. The van der Waals surface area contributed by atoms with Gasteiger partial charge in [0.2, 0.25) is 0 Å². The molecule has 1 aromatic carbocycles. The van der Waals surface area contributed by atoms with Crippen molar-refractivity contribution >= 4 is 25.7 Å². The van der Waals surface area contributed by atoms with E-state index in [0.717, 1.165) is 12.5 Å². The van der Waals surface area contributed by atoms with E-state index in [2.05, 4.69) is 0 Å². The Balaban J connectivity index is 3.24. The minimum Gasteiger partial charge on any atom is -0.494 e. The fraction of sp³-hybridized carbons (Fsp3) is 0.300. The van der Waals surface area contributed by atoms with Crippen LogP contribution in [0.4, 0.5) is 0 Å². The van der Waals surface area contributed by atoms with Crippen molar-refractivity contribution in [3.05, 3.63) is 23.8 Å². The van der Waals surface area contributed by atoms with E-state index in [0.29, 0.717) is 6.61 Å². The first-order valence-corrected chi connectivity index (χ1v) is 7.11. The van der Waals surface area contributed by atoms with E-state index in [-0.39, 0.29) is 16.2 Å². The van der Waals surface area contributed by atoms with Gasteiger partial charge in [-0.15, -0.1) is 0 Å². The van der Waals surface area contributed by atoms with E-state index in [1.807, 2.05) is 6.92 Å². The molecule has 0 fully saturated rings. The normalized spacial score (nSPS) is 11.2. The summed E-state index contributed by atoms with van der Waals surface area (Å²) in [4.78, 5) is 10.5. The second kappa shape index (κ2) is 5.37. The summed E-state index contributed by atoms with van der Waals surface area (Å²) in [5.41, 5.74) is -0.183. The van der Waals surface area contributed by atoms with Crippen LogP contribution in [0.1, 0.15) is 23.7 Å². The molecule has 0 aliphatic carbocycles. The zero-order chi connectivity index (χ0) is 13.1. The number of carboxylic acids is 1. The molecule has 0 bridgehead atoms. The first-order chi connectivity index (χ1) is 7.84. The molecule has 0 aliphatic heterocycles. The predicted molar refractivity (Wildman–Crippen MR) is 62.2 cm³/mol. The molecule has 0 amide bonds. The molecule has 0 saturated carbocycles. The van der Waals surface area contributed by atoms with Gasteiger partial charge in [0, 0.05) is 16.7 Å². The summed E-state index contributed by atoms with van der Waals surface area (Å²) in [6.45, 7) is 2.24. The lowest BCUT2D eigenvalue weighted by molar-refractivity contribution is 0.0696. The van der Waals surface area contributed by atoms with Gasteiger partial charge in [-0.3, -0.25) is 0 Å². The van der Waals surface area contributed by atoms with E-state index in [1.54, 1.807) is 0 Å². The number of halogens is 1. The van der Waals surface area contributed by atoms with Crippen molar-refractivity contribution < 1.29 is 23.1 Å². The quantitative estimate of drug-likeness (QED) is 0.834. The van der Waals surface area contributed by atoms with E-state index in [9.17, 15) is 13.2 Å². The van der Waals surface area contributed by atoms with Crippen molar-refractivity contribution in [1.82, 2.24) is 0 Å². The minimum atomic E-state index is -3.98. The maximum Gasteiger partial charge on any atom is 0.335 e. The van der Waals surface area contributed by atoms with Crippen LogP contribution in [0.25, 0.3) is 0 Å². The van der Waals surface area contributed by atoms with Gasteiger partial charge in [-0.1, -0.05) is 6.92 Å². The lowest BCUT2D eigenvalue weighted by Crippen LogP contribution is -2.03. The van der Waals surface area contributed by atoms with Crippen LogP contribution in [0, 0.1) is 0 Å². The van der Waals surface area contributed by atoms with Crippen LogP contribution in [0.5, 0.6) is 5.75 Å². The zero-order valence-corrected chi connectivity index (χ0v) is 10.6. The van der Waals surface area contributed by atoms with Crippen LogP contribution >= 0.6 is 10.7 Å². The molecule has 0 radical (unpaired) electrons. The van der Waals surface area contributed by atoms with Crippen molar-refractivity contribution in [2.75, 3.05) is 6.61 Å². The SMILES string of the molecule is CCCOc1cc(C(=O)O)cc(S(=O)(=O)Cl)c1. The van der Waals surface area contributed by atoms with Crippen LogP contribution < -0.4 is 4.74 Å². The molecule has 17 heavy (non-hydrogen) atoms. The Kier molecular flexibility index (Phi) is 4.36. The smallest absolute Gasteiger partial charge is 0.335 e. The van der Waals surface area contributed by atoms with Crippen LogP contribution in [-0.2, 0) is 9.05 Å². The molecule has 1 rings (SSSR count). The molecule has 0 aliphatic rings. The van der Waals surface area contributed by atoms with Gasteiger partial charge in [-0.05, 0) is 18.6 Å². The molecule has 1 N–H and O–H groups in total. The molecule has 0 aromatic heterocycles. The highest BCUT2D eigenvalue weighted by Gasteiger charge is 2.15. The molecular formula is C10H11ClO5S. The Labute approximate surface area is 103 Å². The van der Waals surface area contributed by atoms with Crippen LogP contribution in [0.15, 0.2) is 23.1 Å². The molecule has 0 unspecified atom stereocenters. The zero-order valence-electron chi connectivity index (χ0n) is 9.01. The standard InChI is InChI=1S/C10H11ClO5S/c1-2-3-16-8-4-7(10(12)13)5-9(6-8)17(11,14)15/h4-6H,2-3H2,1H3,(H,12,13). The molecule has 1 aromatic rings. The third kappa shape index (κ3) is 3.90. The van der Waals surface area contributed by atoms with Crippen LogP contribution in [-0.4, -0.2) is 26.1 Å². The van der Waals surface area contributed by atoms with Crippen LogP contribution in [0.3, 0.4) is 0 Å². The third-order valence-electron chi connectivity index (χ3n) is 1.88. The lowest BCUT2D eigenvalue weighted by Gasteiger charge is -2.07. The monoisotopic (exact) mass is 278 g/mol. The molecular weight excluding hydrogens is 268 g/mol. The molecule has 7 heteroatoms. The van der Waals surface area contributed by atoms with E-state index in [1.165, 1.54) is 12.1 Å². The number of carboxylic acid groups (broad SMARTS) is 1. The van der Waals surface area contributed by atoms with E-state index >= 15 is 0 Å². The Hall–Kier alpha value is -1.27. The summed E-state index contributed by atoms with van der Waals surface area (Å²) in [7, 11) is 1.19. The summed E-state index contributed by atoms with van der Waals surface area (Å²) in [6.07, 6.45) is 0.722. The second-order valence-electron chi connectivity index (χ2n) is 3.28. The molecule has 0 spiro atoms. The maximum atomic E-state index is 11.2. The second-order valence-corrected chi connectivity index (χ2v) is 5.85. The predicted octanol–water partition coefficient (Wildman–Crippen LogP) is 2.10. The average molecular weight is 279 g/mol. The number of hydrogen-bond donors (Lipinski definition) is 1. The van der Waals surface area contributed by atoms with E-state index < -0.39 is 15.0 Å². The van der Waals surface area contributed by atoms with Gasteiger partial charge in [0.05, 0.1) is 17.1 Å². The Bertz CT molecular complexity index is 523. The topological polar surface area (TPSA) is 80.7 Å². The van der Waals surface area contributed by atoms with Crippen molar-refractivity contribution in [3.8, 4) is 5.75 Å². The molecule has 94 valence electrons. The number of hydrogen-bond acceptors (Lipinski definition) is 4. The van der Waals surface area contributed by atoms with Gasteiger partial charge in [0.25, 0.3) is 9.05 Å². The van der Waals surface area contributed by atoms with Crippen LogP contribution in [0.2, 0.25) is 0 Å². The average Bonchev–Trinajstić information content (AvgIpc) is 2.24. The summed E-state index contributed by atoms with van der Waals surface area (Å²) < 4.78 is 27.5. The minimum absolute atomic E-state index is 0.172. The van der Waals surface area contributed by atoms with Crippen molar-refractivity contribution in [2.24, 2.45) is 0 Å². The Morgan fingerprint density at radius 1 is 1.41 bits per heavy atom. The number of benzene rings is 1. The summed E-state index contributed by atoms with van der Waals surface area (Å²) in [5.74, 6) is -1.07. The molecule has 0 heterocycles. The number of aromatic carboxylic acids is 1. The van der Waals surface area contributed by atoms with Gasteiger partial charge < -0.3 is 9.84 Å². The van der Waals surface area contributed by atoms with Gasteiger partial charge in [-0.2, -0.15) is 0 Å². The Morgan fingerprint density at radius 3 is 2.53 bits per heavy atom. The van der Waals surface area contributed by atoms with E-state index in [4.69, 9.17) is 20.5 Å². The summed E-state index contributed by atoms with van der Waals surface area (Å²) in [6, 6.07) is 3.44. The van der Waals surface area contributed by atoms with Gasteiger partial charge >= 0.3 is 5.97 Å². The van der Waals surface area contributed by atoms with Crippen molar-refractivity contribution in [1.29, 1.82) is 0 Å². The number of rotatable bonds is 5. The first-order valence-electron chi connectivity index (χ1n) is 4.80. The summed E-state index contributed by atoms with van der Waals surface area (Å²) in [5, 5.41) is 8.83.